The van der Waals surface area contributed by atoms with Crippen molar-refractivity contribution >= 4 is 55.8 Å². The van der Waals surface area contributed by atoms with Crippen LogP contribution in [-0.4, -0.2) is 71.2 Å². The average molecular weight is 545 g/mol. The number of nitrogens with zero attached hydrogens (tertiary/aromatic N) is 4. The molecule has 1 aromatic carbocycles. The first-order valence-corrected chi connectivity index (χ1v) is 14.1. The molecule has 202 valence electrons. The number of carbonyl (C=O) groups excluding carboxylic acids is 2. The molecule has 0 saturated carbocycles. The summed E-state index contributed by atoms with van der Waals surface area (Å²) in [5.74, 6) is 0.850. The van der Waals surface area contributed by atoms with Crippen molar-refractivity contribution in [3.63, 3.8) is 0 Å². The van der Waals surface area contributed by atoms with Gasteiger partial charge in [-0.05, 0) is 64.1 Å². The van der Waals surface area contributed by atoms with Crippen LogP contribution in [0.25, 0.3) is 32.2 Å². The molecule has 2 N–H and O–H groups in total. The molecule has 39 heavy (non-hydrogen) atoms. The second-order valence-corrected chi connectivity index (χ2v) is 12.2. The molecule has 9 nitrogen and oxygen atoms in total. The van der Waals surface area contributed by atoms with E-state index in [2.05, 4.69) is 21.6 Å². The minimum atomic E-state index is -0.497. The third-order valence-electron chi connectivity index (χ3n) is 6.99. The maximum atomic E-state index is 12.7. The van der Waals surface area contributed by atoms with Crippen molar-refractivity contribution in [3.05, 3.63) is 47.5 Å². The average Bonchev–Trinajstić information content (AvgIpc) is 3.23. The number of hydrogen-bond donors (Lipinski definition) is 2. The first-order valence-electron chi connectivity index (χ1n) is 13.3. The zero-order valence-corrected chi connectivity index (χ0v) is 23.4. The summed E-state index contributed by atoms with van der Waals surface area (Å²) in [5.41, 5.74) is 3.06. The summed E-state index contributed by atoms with van der Waals surface area (Å²) in [6.07, 6.45) is 1.59. The number of hydrogen-bond acceptors (Lipinski definition) is 8. The number of ether oxygens (including phenoxy) is 1. The van der Waals surface area contributed by atoms with E-state index in [4.69, 9.17) is 14.7 Å². The predicted molar refractivity (Wildman–Crippen MR) is 156 cm³/mol. The van der Waals surface area contributed by atoms with Gasteiger partial charge in [0, 0.05) is 66.0 Å². The van der Waals surface area contributed by atoms with E-state index in [1.54, 1.807) is 4.90 Å². The molecule has 10 heteroatoms. The van der Waals surface area contributed by atoms with Crippen LogP contribution in [-0.2, 0) is 4.74 Å². The molecule has 0 spiro atoms. The van der Waals surface area contributed by atoms with Crippen molar-refractivity contribution in [2.24, 2.45) is 0 Å². The lowest BCUT2D eigenvalue weighted by atomic mass is 10.1. The van der Waals surface area contributed by atoms with Gasteiger partial charge in [-0.1, -0.05) is 0 Å². The Morgan fingerprint density at radius 3 is 2.59 bits per heavy atom. The molecule has 3 aromatic heterocycles. The van der Waals surface area contributed by atoms with Gasteiger partial charge >= 0.3 is 6.09 Å². The number of piperazine rings is 1. The van der Waals surface area contributed by atoms with Gasteiger partial charge in [-0.3, -0.25) is 4.79 Å². The van der Waals surface area contributed by atoms with E-state index < -0.39 is 5.60 Å². The summed E-state index contributed by atoms with van der Waals surface area (Å²) < 4.78 is 6.57. The maximum absolute atomic E-state index is 12.7. The van der Waals surface area contributed by atoms with Gasteiger partial charge < -0.3 is 25.2 Å². The van der Waals surface area contributed by atoms with E-state index in [0.29, 0.717) is 32.7 Å². The standard InChI is InChI=1S/C29H32N6O3S/c1-17-15-31-25-24-19-6-7-20(33-21(19)8-9-22(24)39-26(25)27(36)32-17)18-5-10-23(30-16-18)34-11-13-35(14-12-34)28(37)38-29(2,3)4/h5-10,16-17,31H,11-15H2,1-4H3,(H,32,36)/t17-/m1/s1. The molecule has 1 fully saturated rings. The van der Waals surface area contributed by atoms with Crippen molar-refractivity contribution in [2.45, 2.75) is 39.3 Å². The molecule has 2 aliphatic heterocycles. The fourth-order valence-electron chi connectivity index (χ4n) is 5.06. The minimum absolute atomic E-state index is 0.0288. The number of nitrogens with one attached hydrogen (secondary N) is 2. The first kappa shape index (κ1) is 25.4. The van der Waals surface area contributed by atoms with Crippen molar-refractivity contribution in [2.75, 3.05) is 42.9 Å². The zero-order valence-electron chi connectivity index (χ0n) is 22.6. The van der Waals surface area contributed by atoms with Crippen molar-refractivity contribution in [3.8, 4) is 11.3 Å². The van der Waals surface area contributed by atoms with Crippen molar-refractivity contribution < 1.29 is 14.3 Å². The van der Waals surface area contributed by atoms with Crippen LogP contribution in [0, 0.1) is 0 Å². The van der Waals surface area contributed by atoms with E-state index >= 15 is 0 Å². The smallest absolute Gasteiger partial charge is 0.410 e. The van der Waals surface area contributed by atoms with Gasteiger partial charge in [-0.25, -0.2) is 14.8 Å². The summed E-state index contributed by atoms with van der Waals surface area (Å²) in [5, 5.41) is 8.59. The van der Waals surface area contributed by atoms with Gasteiger partial charge in [0.25, 0.3) is 5.91 Å². The molecule has 2 amide bonds. The molecular formula is C29H32N6O3S. The van der Waals surface area contributed by atoms with Crippen molar-refractivity contribution in [1.29, 1.82) is 0 Å². The lowest BCUT2D eigenvalue weighted by Gasteiger charge is -2.36. The fraction of sp³-hybridized carbons (Fsp3) is 0.379. The summed E-state index contributed by atoms with van der Waals surface area (Å²) in [4.78, 5) is 39.4. The summed E-state index contributed by atoms with van der Waals surface area (Å²) >= 11 is 1.51. The van der Waals surface area contributed by atoms with Gasteiger partial charge in [-0.2, -0.15) is 0 Å². The van der Waals surface area contributed by atoms with Gasteiger partial charge in [0.1, 0.15) is 16.3 Å². The van der Waals surface area contributed by atoms with Crippen LogP contribution in [0.4, 0.5) is 16.3 Å². The molecule has 1 atom stereocenters. The third-order valence-corrected chi connectivity index (χ3v) is 8.14. The molecule has 0 aliphatic carbocycles. The van der Waals surface area contributed by atoms with Crippen LogP contribution in [0.5, 0.6) is 0 Å². The highest BCUT2D eigenvalue weighted by atomic mass is 32.1. The minimum Gasteiger partial charge on any atom is -0.444 e. The molecule has 1 saturated heterocycles. The number of carbonyl (C=O) groups is 2. The summed E-state index contributed by atoms with van der Waals surface area (Å²) in [6, 6.07) is 12.3. The topological polar surface area (TPSA) is 99.7 Å². The second-order valence-electron chi connectivity index (χ2n) is 11.1. The van der Waals surface area contributed by atoms with E-state index in [9.17, 15) is 9.59 Å². The van der Waals surface area contributed by atoms with Crippen LogP contribution in [0.2, 0.25) is 0 Å². The number of anilines is 2. The molecule has 4 aromatic rings. The number of fused-ring (bicyclic) bond motifs is 5. The Bertz CT molecular complexity index is 1570. The lowest BCUT2D eigenvalue weighted by Crippen LogP contribution is -2.50. The molecule has 0 unspecified atom stereocenters. The predicted octanol–water partition coefficient (Wildman–Crippen LogP) is 5.11. The molecule has 2 aliphatic rings. The maximum Gasteiger partial charge on any atom is 0.410 e. The van der Waals surface area contributed by atoms with E-state index in [1.165, 1.54) is 11.3 Å². The van der Waals surface area contributed by atoms with Crippen LogP contribution in [0.1, 0.15) is 37.4 Å². The first-order chi connectivity index (χ1) is 18.7. The monoisotopic (exact) mass is 544 g/mol. The fourth-order valence-corrected chi connectivity index (χ4v) is 6.15. The third kappa shape index (κ3) is 4.96. The normalized spacial score (nSPS) is 17.9. The molecule has 6 rings (SSSR count). The quantitative estimate of drug-likeness (QED) is 0.362. The van der Waals surface area contributed by atoms with Crippen LogP contribution >= 0.6 is 11.3 Å². The highest BCUT2D eigenvalue weighted by Crippen LogP contribution is 2.41. The Balaban J connectivity index is 1.21. The SMILES string of the molecule is C[C@@H]1CNc2c(sc3ccc4nc(-c5ccc(N6CCN(C(=O)OC(C)(C)C)CC6)nc5)ccc4c23)C(=O)N1. The lowest BCUT2D eigenvalue weighted by molar-refractivity contribution is 0.0240. The van der Waals surface area contributed by atoms with Crippen LogP contribution in [0.3, 0.4) is 0 Å². The number of rotatable bonds is 2. The van der Waals surface area contributed by atoms with Gasteiger partial charge in [0.2, 0.25) is 0 Å². The van der Waals surface area contributed by atoms with Crippen LogP contribution in [0.15, 0.2) is 42.6 Å². The number of benzene rings is 1. The van der Waals surface area contributed by atoms with E-state index in [1.807, 2.05) is 64.2 Å². The molecular weight excluding hydrogens is 512 g/mol. The molecule has 5 heterocycles. The second kappa shape index (κ2) is 9.68. The largest absolute Gasteiger partial charge is 0.444 e. The Labute approximate surface area is 231 Å². The Morgan fingerprint density at radius 2 is 1.87 bits per heavy atom. The highest BCUT2D eigenvalue weighted by molar-refractivity contribution is 7.21. The van der Waals surface area contributed by atoms with Gasteiger partial charge in [0.05, 0.1) is 16.9 Å². The number of aromatic nitrogens is 2. The van der Waals surface area contributed by atoms with E-state index in [-0.39, 0.29) is 18.0 Å². The Morgan fingerprint density at radius 1 is 1.08 bits per heavy atom. The molecule has 0 radical (unpaired) electrons. The Kier molecular flexibility index (Phi) is 6.29. The Hall–Kier alpha value is -3.92. The van der Waals surface area contributed by atoms with E-state index in [0.717, 1.165) is 48.6 Å². The summed E-state index contributed by atoms with van der Waals surface area (Å²) in [7, 11) is 0. The van der Waals surface area contributed by atoms with Crippen LogP contribution < -0.4 is 15.5 Å². The van der Waals surface area contributed by atoms with Gasteiger partial charge in [-0.15, -0.1) is 11.3 Å². The van der Waals surface area contributed by atoms with Gasteiger partial charge in [0.15, 0.2) is 0 Å². The number of amides is 2. The highest BCUT2D eigenvalue weighted by Gasteiger charge is 2.27. The van der Waals surface area contributed by atoms with Crippen molar-refractivity contribution in [1.82, 2.24) is 20.2 Å². The zero-order chi connectivity index (χ0) is 27.3. The number of thiophene rings is 1. The molecule has 0 bridgehead atoms. The summed E-state index contributed by atoms with van der Waals surface area (Å²) in [6.45, 7) is 10.9. The number of pyridine rings is 2.